The zero-order valence-electron chi connectivity index (χ0n) is 7.74. The van der Waals surface area contributed by atoms with E-state index in [0.717, 1.165) is 11.5 Å². The highest BCUT2D eigenvalue weighted by molar-refractivity contribution is 14.1. The molecule has 1 N–H and O–H groups in total. The minimum Gasteiger partial charge on any atom is -0.340 e. The average Bonchev–Trinajstić information content (AvgIpc) is 2.22. The Morgan fingerprint density at radius 3 is 2.73 bits per heavy atom. The van der Waals surface area contributed by atoms with Crippen molar-refractivity contribution >= 4 is 45.7 Å². The fourth-order valence-corrected chi connectivity index (χ4v) is 1.82. The minimum absolute atomic E-state index is 0.642. The van der Waals surface area contributed by atoms with Crippen LogP contribution in [0.1, 0.15) is 0 Å². The van der Waals surface area contributed by atoms with Gasteiger partial charge in [0, 0.05) is 15.5 Å². The van der Waals surface area contributed by atoms with E-state index in [4.69, 9.17) is 11.6 Å². The summed E-state index contributed by atoms with van der Waals surface area (Å²) in [5.74, 6) is 0.793. The number of halogens is 2. The fourth-order valence-electron chi connectivity index (χ4n) is 1.16. The topological polar surface area (TPSA) is 24.9 Å². The molecule has 15 heavy (non-hydrogen) atoms. The van der Waals surface area contributed by atoms with Gasteiger partial charge in [-0.3, -0.25) is 0 Å². The molecule has 0 aliphatic heterocycles. The molecule has 76 valence electrons. The zero-order chi connectivity index (χ0) is 10.7. The standard InChI is InChI=1S/C11H8ClIN2/c12-8-4-5-11(14-7-8)15-10-3-1-2-9(13)6-10/h1-7H,(H,14,15). The van der Waals surface area contributed by atoms with E-state index in [1.54, 1.807) is 6.20 Å². The molecule has 1 aromatic carbocycles. The maximum atomic E-state index is 5.75. The second-order valence-corrected chi connectivity index (χ2v) is 4.68. The van der Waals surface area contributed by atoms with Gasteiger partial charge in [0.05, 0.1) is 5.02 Å². The molecule has 0 saturated carbocycles. The number of nitrogens with one attached hydrogen (secondary N) is 1. The molecule has 0 aliphatic rings. The van der Waals surface area contributed by atoms with Crippen molar-refractivity contribution in [2.45, 2.75) is 0 Å². The Hall–Kier alpha value is -0.810. The highest BCUT2D eigenvalue weighted by Gasteiger charge is 1.96. The van der Waals surface area contributed by atoms with Gasteiger partial charge in [0.25, 0.3) is 0 Å². The van der Waals surface area contributed by atoms with Crippen molar-refractivity contribution in [1.29, 1.82) is 0 Å². The molecule has 2 aromatic rings. The number of benzene rings is 1. The molecule has 0 radical (unpaired) electrons. The van der Waals surface area contributed by atoms with Crippen molar-refractivity contribution in [3.05, 3.63) is 51.2 Å². The second kappa shape index (κ2) is 4.81. The molecule has 0 bridgehead atoms. The van der Waals surface area contributed by atoms with E-state index < -0.39 is 0 Å². The van der Waals surface area contributed by atoms with E-state index in [9.17, 15) is 0 Å². The highest BCUT2D eigenvalue weighted by atomic mass is 127. The number of rotatable bonds is 2. The molecule has 0 saturated heterocycles. The minimum atomic E-state index is 0.642. The van der Waals surface area contributed by atoms with Gasteiger partial charge in [-0.05, 0) is 52.9 Å². The van der Waals surface area contributed by atoms with Crippen LogP contribution >= 0.6 is 34.2 Å². The van der Waals surface area contributed by atoms with Gasteiger partial charge < -0.3 is 5.32 Å². The molecule has 0 aliphatic carbocycles. The van der Waals surface area contributed by atoms with Crippen molar-refractivity contribution in [3.63, 3.8) is 0 Å². The van der Waals surface area contributed by atoms with E-state index in [-0.39, 0.29) is 0 Å². The first kappa shape index (κ1) is 10.7. The maximum absolute atomic E-state index is 5.75. The molecule has 0 fully saturated rings. The van der Waals surface area contributed by atoms with E-state index in [2.05, 4.69) is 39.0 Å². The molecule has 0 unspecified atom stereocenters. The van der Waals surface area contributed by atoms with E-state index in [0.29, 0.717) is 5.02 Å². The molecule has 2 nitrogen and oxygen atoms in total. The van der Waals surface area contributed by atoms with Crippen LogP contribution in [0.25, 0.3) is 0 Å². The van der Waals surface area contributed by atoms with Gasteiger partial charge in [0.15, 0.2) is 0 Å². The number of anilines is 2. The molecule has 4 heteroatoms. The Kier molecular flexibility index (Phi) is 3.43. The lowest BCUT2D eigenvalue weighted by atomic mass is 10.3. The first-order chi connectivity index (χ1) is 7.24. The summed E-state index contributed by atoms with van der Waals surface area (Å²) in [5.41, 5.74) is 1.02. The Morgan fingerprint density at radius 1 is 1.20 bits per heavy atom. The summed E-state index contributed by atoms with van der Waals surface area (Å²) in [6, 6.07) is 11.8. The lowest BCUT2D eigenvalue weighted by Crippen LogP contribution is -1.92. The molecular formula is C11H8ClIN2. The summed E-state index contributed by atoms with van der Waals surface area (Å²) in [6.07, 6.45) is 1.62. The van der Waals surface area contributed by atoms with Gasteiger partial charge in [-0.15, -0.1) is 0 Å². The van der Waals surface area contributed by atoms with Crippen LogP contribution in [-0.4, -0.2) is 4.98 Å². The van der Waals surface area contributed by atoms with Crippen LogP contribution in [-0.2, 0) is 0 Å². The molecule has 1 aromatic heterocycles. The monoisotopic (exact) mass is 330 g/mol. The van der Waals surface area contributed by atoms with Gasteiger partial charge >= 0.3 is 0 Å². The smallest absolute Gasteiger partial charge is 0.130 e. The third-order valence-corrected chi connectivity index (χ3v) is 2.72. The average molecular weight is 331 g/mol. The van der Waals surface area contributed by atoms with Crippen LogP contribution in [0.2, 0.25) is 5.02 Å². The van der Waals surface area contributed by atoms with E-state index >= 15 is 0 Å². The summed E-state index contributed by atoms with van der Waals surface area (Å²) >= 11 is 8.02. The molecule has 0 spiro atoms. The Bertz CT molecular complexity index is 456. The van der Waals surface area contributed by atoms with Crippen molar-refractivity contribution in [3.8, 4) is 0 Å². The van der Waals surface area contributed by atoms with Gasteiger partial charge in [-0.25, -0.2) is 4.98 Å². The Labute approximate surface area is 107 Å². The fraction of sp³-hybridized carbons (Fsp3) is 0. The summed E-state index contributed by atoms with van der Waals surface area (Å²) in [5, 5.41) is 3.84. The lowest BCUT2D eigenvalue weighted by Gasteiger charge is -2.05. The first-order valence-electron chi connectivity index (χ1n) is 4.38. The van der Waals surface area contributed by atoms with Crippen LogP contribution in [0.5, 0.6) is 0 Å². The quantitative estimate of drug-likeness (QED) is 0.839. The van der Waals surface area contributed by atoms with Crippen LogP contribution in [0.15, 0.2) is 42.6 Å². The molecule has 0 atom stereocenters. The molecule has 2 rings (SSSR count). The van der Waals surface area contributed by atoms with Crippen LogP contribution < -0.4 is 5.32 Å². The summed E-state index contributed by atoms with van der Waals surface area (Å²) in [6.45, 7) is 0. The number of nitrogens with zero attached hydrogens (tertiary/aromatic N) is 1. The lowest BCUT2D eigenvalue weighted by molar-refractivity contribution is 1.31. The molecule has 0 amide bonds. The van der Waals surface area contributed by atoms with Crippen molar-refractivity contribution in [2.75, 3.05) is 5.32 Å². The second-order valence-electron chi connectivity index (χ2n) is 3.00. The van der Waals surface area contributed by atoms with Gasteiger partial charge in [-0.2, -0.15) is 0 Å². The van der Waals surface area contributed by atoms with Crippen molar-refractivity contribution in [2.24, 2.45) is 0 Å². The summed E-state index contributed by atoms with van der Waals surface area (Å²) in [7, 11) is 0. The van der Waals surface area contributed by atoms with Crippen molar-refractivity contribution < 1.29 is 0 Å². The Morgan fingerprint density at radius 2 is 2.07 bits per heavy atom. The largest absolute Gasteiger partial charge is 0.340 e. The normalized spacial score (nSPS) is 10.0. The SMILES string of the molecule is Clc1ccc(Nc2cccc(I)c2)nc1. The van der Waals surface area contributed by atoms with Crippen LogP contribution in [0.4, 0.5) is 11.5 Å². The third kappa shape index (κ3) is 3.07. The first-order valence-corrected chi connectivity index (χ1v) is 5.84. The Balaban J connectivity index is 2.18. The summed E-state index contributed by atoms with van der Waals surface area (Å²) < 4.78 is 1.19. The van der Waals surface area contributed by atoms with Gasteiger partial charge in [-0.1, -0.05) is 17.7 Å². The zero-order valence-corrected chi connectivity index (χ0v) is 10.7. The maximum Gasteiger partial charge on any atom is 0.130 e. The van der Waals surface area contributed by atoms with Gasteiger partial charge in [0.1, 0.15) is 5.82 Å². The van der Waals surface area contributed by atoms with E-state index in [1.165, 1.54) is 3.57 Å². The van der Waals surface area contributed by atoms with Crippen LogP contribution in [0, 0.1) is 3.57 Å². The predicted molar refractivity (Wildman–Crippen MR) is 71.7 cm³/mol. The van der Waals surface area contributed by atoms with Gasteiger partial charge in [0.2, 0.25) is 0 Å². The summed E-state index contributed by atoms with van der Waals surface area (Å²) in [4.78, 5) is 4.16. The predicted octanol–water partition coefficient (Wildman–Crippen LogP) is 4.08. The number of hydrogen-bond acceptors (Lipinski definition) is 2. The van der Waals surface area contributed by atoms with E-state index in [1.807, 2.05) is 30.3 Å². The third-order valence-electron chi connectivity index (χ3n) is 1.82. The molecular weight excluding hydrogens is 322 g/mol. The van der Waals surface area contributed by atoms with Crippen LogP contribution in [0.3, 0.4) is 0 Å². The highest BCUT2D eigenvalue weighted by Crippen LogP contribution is 2.18. The number of aromatic nitrogens is 1. The number of hydrogen-bond donors (Lipinski definition) is 1. The number of pyridine rings is 1. The van der Waals surface area contributed by atoms with Crippen molar-refractivity contribution in [1.82, 2.24) is 4.98 Å². The molecule has 1 heterocycles.